The molecule has 0 aliphatic carbocycles. The minimum Gasteiger partial charge on any atom is -0.383 e. The summed E-state index contributed by atoms with van der Waals surface area (Å²) in [5.74, 6) is 0. The van der Waals surface area contributed by atoms with Crippen LogP contribution in [0.2, 0.25) is 0 Å². The SMILES string of the molecule is CCOCCN(C)CC(Cl)COC. The van der Waals surface area contributed by atoms with E-state index in [4.69, 9.17) is 21.1 Å². The van der Waals surface area contributed by atoms with Gasteiger partial charge in [-0.25, -0.2) is 0 Å². The van der Waals surface area contributed by atoms with Crippen LogP contribution in [0.4, 0.5) is 0 Å². The summed E-state index contributed by atoms with van der Waals surface area (Å²) in [4.78, 5) is 2.15. The molecule has 0 fully saturated rings. The molecule has 0 radical (unpaired) electrons. The number of nitrogens with zero attached hydrogens (tertiary/aromatic N) is 1. The quantitative estimate of drug-likeness (QED) is 0.443. The number of alkyl halides is 1. The molecule has 0 saturated carbocycles. The van der Waals surface area contributed by atoms with Crippen molar-refractivity contribution in [2.24, 2.45) is 0 Å². The standard InChI is InChI=1S/C9H20ClNO2/c1-4-13-6-5-11(2)7-9(10)8-12-3/h9H,4-8H2,1-3H3. The van der Waals surface area contributed by atoms with E-state index < -0.39 is 0 Å². The predicted octanol–water partition coefficient (Wildman–Crippen LogP) is 1.21. The summed E-state index contributed by atoms with van der Waals surface area (Å²) >= 11 is 5.98. The van der Waals surface area contributed by atoms with Crippen molar-refractivity contribution in [1.29, 1.82) is 0 Å². The molecule has 3 nitrogen and oxygen atoms in total. The van der Waals surface area contributed by atoms with E-state index in [-0.39, 0.29) is 5.38 Å². The average molecular weight is 210 g/mol. The lowest BCUT2D eigenvalue weighted by atomic mass is 10.4. The van der Waals surface area contributed by atoms with Crippen LogP contribution in [-0.2, 0) is 9.47 Å². The Labute approximate surface area is 85.9 Å². The van der Waals surface area contributed by atoms with Crippen LogP contribution in [0.3, 0.4) is 0 Å². The third-order valence-electron chi connectivity index (χ3n) is 1.68. The lowest BCUT2D eigenvalue weighted by Crippen LogP contribution is -2.31. The molecule has 0 aliphatic rings. The predicted molar refractivity (Wildman–Crippen MR) is 55.5 cm³/mol. The van der Waals surface area contributed by atoms with Gasteiger partial charge in [-0.15, -0.1) is 11.6 Å². The first-order valence-corrected chi connectivity index (χ1v) is 5.03. The van der Waals surface area contributed by atoms with Crippen molar-refractivity contribution < 1.29 is 9.47 Å². The van der Waals surface area contributed by atoms with Crippen LogP contribution in [-0.4, -0.2) is 57.3 Å². The van der Waals surface area contributed by atoms with E-state index in [0.717, 1.165) is 26.3 Å². The zero-order chi connectivity index (χ0) is 10.1. The molecule has 4 heteroatoms. The van der Waals surface area contributed by atoms with Crippen molar-refractivity contribution in [3.63, 3.8) is 0 Å². The molecule has 0 aromatic carbocycles. The highest BCUT2D eigenvalue weighted by Crippen LogP contribution is 1.98. The first kappa shape index (κ1) is 13.2. The Kier molecular flexibility index (Phi) is 8.87. The van der Waals surface area contributed by atoms with Crippen molar-refractivity contribution in [2.75, 3.05) is 47.1 Å². The zero-order valence-corrected chi connectivity index (χ0v) is 9.51. The van der Waals surface area contributed by atoms with Gasteiger partial charge in [-0.2, -0.15) is 0 Å². The van der Waals surface area contributed by atoms with E-state index in [1.807, 2.05) is 14.0 Å². The lowest BCUT2D eigenvalue weighted by molar-refractivity contribution is 0.117. The molecular formula is C9H20ClNO2. The van der Waals surface area contributed by atoms with Crippen LogP contribution in [0.15, 0.2) is 0 Å². The lowest BCUT2D eigenvalue weighted by Gasteiger charge is -2.19. The van der Waals surface area contributed by atoms with Gasteiger partial charge in [0.2, 0.25) is 0 Å². The first-order valence-electron chi connectivity index (χ1n) is 4.60. The maximum absolute atomic E-state index is 5.98. The van der Waals surface area contributed by atoms with Gasteiger partial charge < -0.3 is 14.4 Å². The van der Waals surface area contributed by atoms with Gasteiger partial charge in [-0.3, -0.25) is 0 Å². The summed E-state index contributed by atoms with van der Waals surface area (Å²) in [6.45, 7) is 5.89. The Morgan fingerprint density at radius 2 is 2.15 bits per heavy atom. The molecule has 0 aliphatic heterocycles. The highest BCUT2D eigenvalue weighted by atomic mass is 35.5. The Morgan fingerprint density at radius 3 is 2.69 bits per heavy atom. The van der Waals surface area contributed by atoms with Gasteiger partial charge in [-0.05, 0) is 14.0 Å². The molecule has 0 N–H and O–H groups in total. The first-order chi connectivity index (χ1) is 6.20. The van der Waals surface area contributed by atoms with Gasteiger partial charge in [0.1, 0.15) is 0 Å². The Morgan fingerprint density at radius 1 is 1.46 bits per heavy atom. The van der Waals surface area contributed by atoms with Gasteiger partial charge in [0.05, 0.1) is 18.6 Å². The summed E-state index contributed by atoms with van der Waals surface area (Å²) in [6, 6.07) is 0. The third-order valence-corrected chi connectivity index (χ3v) is 1.94. The van der Waals surface area contributed by atoms with Crippen LogP contribution in [0.1, 0.15) is 6.92 Å². The van der Waals surface area contributed by atoms with Crippen LogP contribution in [0, 0.1) is 0 Å². The third kappa shape index (κ3) is 8.50. The summed E-state index contributed by atoms with van der Waals surface area (Å²) in [5, 5.41) is 0.0663. The fourth-order valence-electron chi connectivity index (χ4n) is 1.03. The number of rotatable bonds is 8. The molecular weight excluding hydrogens is 190 g/mol. The van der Waals surface area contributed by atoms with E-state index in [0.29, 0.717) is 6.61 Å². The minimum atomic E-state index is 0.0663. The van der Waals surface area contributed by atoms with Gasteiger partial charge in [0, 0.05) is 26.8 Å². The maximum Gasteiger partial charge on any atom is 0.0696 e. The second-order valence-electron chi connectivity index (χ2n) is 3.01. The van der Waals surface area contributed by atoms with Crippen LogP contribution in [0.5, 0.6) is 0 Å². The Hall–Kier alpha value is 0.170. The molecule has 0 heterocycles. The molecule has 1 atom stereocenters. The smallest absolute Gasteiger partial charge is 0.0696 e. The van der Waals surface area contributed by atoms with Gasteiger partial charge in [-0.1, -0.05) is 0 Å². The van der Waals surface area contributed by atoms with Crippen LogP contribution in [0.25, 0.3) is 0 Å². The maximum atomic E-state index is 5.98. The number of hydrogen-bond acceptors (Lipinski definition) is 3. The molecule has 0 rings (SSSR count). The van der Waals surface area contributed by atoms with Gasteiger partial charge >= 0.3 is 0 Å². The topological polar surface area (TPSA) is 21.7 Å². The summed E-state index contributed by atoms with van der Waals surface area (Å²) in [6.07, 6.45) is 0. The van der Waals surface area contributed by atoms with E-state index >= 15 is 0 Å². The van der Waals surface area contributed by atoms with Gasteiger partial charge in [0.25, 0.3) is 0 Å². The van der Waals surface area contributed by atoms with Crippen molar-refractivity contribution >= 4 is 11.6 Å². The summed E-state index contributed by atoms with van der Waals surface area (Å²) in [5.41, 5.74) is 0. The second kappa shape index (κ2) is 8.75. The molecule has 0 aromatic rings. The van der Waals surface area contributed by atoms with Crippen molar-refractivity contribution in [3.05, 3.63) is 0 Å². The average Bonchev–Trinajstić information content (AvgIpc) is 2.05. The fourth-order valence-corrected chi connectivity index (χ4v) is 1.39. The monoisotopic (exact) mass is 209 g/mol. The minimum absolute atomic E-state index is 0.0663. The largest absolute Gasteiger partial charge is 0.383 e. The van der Waals surface area contributed by atoms with Crippen molar-refractivity contribution in [3.8, 4) is 0 Å². The molecule has 0 amide bonds. The summed E-state index contributed by atoms with van der Waals surface area (Å²) < 4.78 is 10.2. The van der Waals surface area contributed by atoms with Crippen molar-refractivity contribution in [1.82, 2.24) is 4.90 Å². The number of ether oxygens (including phenoxy) is 2. The van der Waals surface area contributed by atoms with Crippen LogP contribution < -0.4 is 0 Å². The van der Waals surface area contributed by atoms with E-state index in [2.05, 4.69) is 4.90 Å². The van der Waals surface area contributed by atoms with Crippen LogP contribution >= 0.6 is 11.6 Å². The highest BCUT2D eigenvalue weighted by molar-refractivity contribution is 6.20. The molecule has 0 bridgehead atoms. The highest BCUT2D eigenvalue weighted by Gasteiger charge is 2.07. The molecule has 0 aromatic heterocycles. The van der Waals surface area contributed by atoms with Gasteiger partial charge in [0.15, 0.2) is 0 Å². The zero-order valence-electron chi connectivity index (χ0n) is 8.75. The van der Waals surface area contributed by atoms with E-state index in [9.17, 15) is 0 Å². The summed E-state index contributed by atoms with van der Waals surface area (Å²) in [7, 11) is 3.69. The molecule has 0 spiro atoms. The van der Waals surface area contributed by atoms with E-state index in [1.165, 1.54) is 0 Å². The van der Waals surface area contributed by atoms with Crippen molar-refractivity contribution in [2.45, 2.75) is 12.3 Å². The fraction of sp³-hybridized carbons (Fsp3) is 1.00. The number of halogens is 1. The second-order valence-corrected chi connectivity index (χ2v) is 3.63. The van der Waals surface area contributed by atoms with E-state index in [1.54, 1.807) is 7.11 Å². The number of hydrogen-bond donors (Lipinski definition) is 0. The molecule has 80 valence electrons. The Balaban J connectivity index is 3.32. The normalized spacial score (nSPS) is 13.6. The Bertz CT molecular complexity index is 114. The number of methoxy groups -OCH3 is 1. The number of likely N-dealkylation sites (N-methyl/N-ethyl adjacent to an activating group) is 1. The molecule has 1 unspecified atom stereocenters. The molecule has 13 heavy (non-hydrogen) atoms. The molecule has 0 saturated heterocycles.